The Morgan fingerprint density at radius 3 is 2.61 bits per heavy atom. The van der Waals surface area contributed by atoms with Gasteiger partial charge in [-0.05, 0) is 49.8 Å². The lowest BCUT2D eigenvalue weighted by Gasteiger charge is -2.39. The Kier molecular flexibility index (Phi) is 4.92. The molecule has 0 saturated carbocycles. The Balaban J connectivity index is 1.89. The van der Waals surface area contributed by atoms with Gasteiger partial charge in [0.25, 0.3) is 5.91 Å². The molecule has 1 unspecified atom stereocenters. The van der Waals surface area contributed by atoms with Crippen LogP contribution in [-0.2, 0) is 6.18 Å². The predicted octanol–water partition coefficient (Wildman–Crippen LogP) is 3.20. The highest BCUT2D eigenvalue weighted by molar-refractivity contribution is 6.01. The first-order chi connectivity index (χ1) is 14.6. The maximum absolute atomic E-state index is 13.6. The number of hydrogen-bond acceptors (Lipinski definition) is 6. The van der Waals surface area contributed by atoms with E-state index in [4.69, 9.17) is 0 Å². The third-order valence-corrected chi connectivity index (χ3v) is 4.96. The molecule has 31 heavy (non-hydrogen) atoms. The van der Waals surface area contributed by atoms with E-state index in [9.17, 15) is 27.5 Å². The van der Waals surface area contributed by atoms with Crippen LogP contribution in [0.1, 0.15) is 28.7 Å². The largest absolute Gasteiger partial charge is 0.434 e. The molecule has 1 atom stereocenters. The summed E-state index contributed by atoms with van der Waals surface area (Å²) in [5.41, 5.74) is -0.0200. The number of fused-ring (bicyclic) bond motifs is 1. The number of nitrogens with zero attached hydrogens (tertiary/aromatic N) is 4. The van der Waals surface area contributed by atoms with Crippen molar-refractivity contribution in [2.45, 2.75) is 26.3 Å². The average molecular weight is 435 g/mol. The number of aliphatic hydroxyl groups excluding tert-OH is 1. The van der Waals surface area contributed by atoms with E-state index in [0.29, 0.717) is 28.8 Å². The smallest absolute Gasteiger partial charge is 0.370 e. The van der Waals surface area contributed by atoms with E-state index in [1.165, 1.54) is 40.2 Å². The molecule has 2 N–H and O–H groups in total. The maximum Gasteiger partial charge on any atom is 0.434 e. The molecule has 1 amide bonds. The fraction of sp³-hybridized carbons (Fsp3) is 0.250. The highest BCUT2D eigenvalue weighted by atomic mass is 19.4. The molecular formula is C20H17F4N5O2. The van der Waals surface area contributed by atoms with Gasteiger partial charge < -0.3 is 15.3 Å². The van der Waals surface area contributed by atoms with Crippen LogP contribution in [0, 0.1) is 12.7 Å². The van der Waals surface area contributed by atoms with Gasteiger partial charge in [0.2, 0.25) is 0 Å². The number of benzene rings is 1. The second-order valence-electron chi connectivity index (χ2n) is 7.12. The Bertz CT molecular complexity index is 1130. The fourth-order valence-corrected chi connectivity index (χ4v) is 3.50. The second-order valence-corrected chi connectivity index (χ2v) is 7.12. The van der Waals surface area contributed by atoms with Crippen LogP contribution in [0.15, 0.2) is 47.9 Å². The van der Waals surface area contributed by atoms with E-state index < -0.39 is 35.5 Å². The van der Waals surface area contributed by atoms with Gasteiger partial charge in [-0.25, -0.2) is 14.4 Å². The van der Waals surface area contributed by atoms with Crippen LogP contribution in [0.4, 0.5) is 29.1 Å². The molecule has 2 aliphatic rings. The second kappa shape index (κ2) is 7.34. The first kappa shape index (κ1) is 20.8. The number of nitrogens with one attached hydrogen (secondary N) is 1. The molecule has 0 fully saturated rings. The summed E-state index contributed by atoms with van der Waals surface area (Å²) in [6.07, 6.45) is -2.28. The van der Waals surface area contributed by atoms with Crippen LogP contribution < -0.4 is 10.2 Å². The molecule has 0 aliphatic carbocycles. The van der Waals surface area contributed by atoms with Gasteiger partial charge in [0.15, 0.2) is 17.2 Å². The third-order valence-electron chi connectivity index (χ3n) is 4.96. The number of carbonyl (C=O) groups is 1. The van der Waals surface area contributed by atoms with Crippen molar-refractivity contribution in [1.29, 1.82) is 0 Å². The number of alkyl halides is 3. The van der Waals surface area contributed by atoms with Crippen molar-refractivity contribution in [2.24, 2.45) is 0 Å². The summed E-state index contributed by atoms with van der Waals surface area (Å²) in [5.74, 6) is -1.31. The molecule has 3 heterocycles. The molecule has 0 saturated heterocycles. The van der Waals surface area contributed by atoms with E-state index in [-0.39, 0.29) is 12.5 Å². The minimum Gasteiger partial charge on any atom is -0.370 e. The number of carbonyl (C=O) groups excluding carboxylic acids is 1. The molecule has 11 heteroatoms. The van der Waals surface area contributed by atoms with E-state index in [1.54, 1.807) is 13.8 Å². The van der Waals surface area contributed by atoms with Crippen molar-refractivity contribution in [3.63, 3.8) is 0 Å². The predicted molar refractivity (Wildman–Crippen MR) is 102 cm³/mol. The first-order valence-corrected chi connectivity index (χ1v) is 9.19. The molecule has 2 aromatic rings. The number of dihydropyridines is 1. The number of hydrogen-bond donors (Lipinski definition) is 2. The Hall–Kier alpha value is -3.47. The highest BCUT2D eigenvalue weighted by Crippen LogP contribution is 2.37. The fourth-order valence-electron chi connectivity index (χ4n) is 3.50. The topological polar surface area (TPSA) is 81.6 Å². The summed E-state index contributed by atoms with van der Waals surface area (Å²) in [6.45, 7) is 3.16. The number of aliphatic hydroxyl groups is 1. The maximum atomic E-state index is 13.6. The van der Waals surface area contributed by atoms with Crippen molar-refractivity contribution in [3.8, 4) is 0 Å². The minimum absolute atomic E-state index is 0.0602. The van der Waals surface area contributed by atoms with Crippen molar-refractivity contribution in [1.82, 2.24) is 20.2 Å². The first-order valence-electron chi connectivity index (χ1n) is 9.19. The molecule has 2 aliphatic heterocycles. The zero-order chi connectivity index (χ0) is 22.5. The molecule has 162 valence electrons. The van der Waals surface area contributed by atoms with E-state index in [2.05, 4.69) is 15.3 Å². The van der Waals surface area contributed by atoms with Gasteiger partial charge in [-0.3, -0.25) is 9.69 Å². The molecular weight excluding hydrogens is 418 g/mol. The number of anilines is 2. The van der Waals surface area contributed by atoms with Gasteiger partial charge in [-0.2, -0.15) is 13.2 Å². The van der Waals surface area contributed by atoms with Crippen molar-refractivity contribution < 1.29 is 27.5 Å². The van der Waals surface area contributed by atoms with E-state index >= 15 is 0 Å². The van der Waals surface area contributed by atoms with Crippen LogP contribution in [-0.4, -0.2) is 38.8 Å². The highest BCUT2D eigenvalue weighted by Gasteiger charge is 2.40. The Labute approximate surface area is 174 Å². The summed E-state index contributed by atoms with van der Waals surface area (Å²) in [4.78, 5) is 23.3. The number of allylic oxidation sites excluding steroid dienone is 2. The lowest BCUT2D eigenvalue weighted by atomic mass is 10.1. The van der Waals surface area contributed by atoms with Crippen molar-refractivity contribution >= 4 is 17.4 Å². The van der Waals surface area contributed by atoms with Crippen LogP contribution in [0.2, 0.25) is 0 Å². The SMILES string of the molecule is CC1=C(N2CN(c3ccc(F)cc3C)c3ncc(C(F)(F)F)nc3C2=O)C=CC(O)N1. The van der Waals surface area contributed by atoms with Crippen LogP contribution >= 0.6 is 0 Å². The Morgan fingerprint density at radius 2 is 1.97 bits per heavy atom. The summed E-state index contributed by atoms with van der Waals surface area (Å²) >= 11 is 0. The van der Waals surface area contributed by atoms with Crippen molar-refractivity contribution in [3.05, 3.63) is 70.7 Å². The molecule has 0 radical (unpaired) electrons. The van der Waals surface area contributed by atoms with Crippen LogP contribution in [0.3, 0.4) is 0 Å². The standard InChI is InChI=1S/C20H17F4N5O2/c1-10-7-12(21)3-4-13(10)28-9-29(14-5-6-16(30)26-11(14)2)19(31)17-18(28)25-8-15(27-17)20(22,23)24/h3-8,16,26,30H,9H2,1-2H3. The number of rotatable bonds is 2. The van der Waals surface area contributed by atoms with E-state index in [0.717, 1.165) is 0 Å². The number of aryl methyl sites for hydroxylation is 1. The normalized spacial score (nSPS) is 18.9. The minimum atomic E-state index is -4.78. The van der Waals surface area contributed by atoms with Crippen LogP contribution in [0.25, 0.3) is 0 Å². The van der Waals surface area contributed by atoms with Gasteiger partial charge in [0.1, 0.15) is 18.7 Å². The van der Waals surface area contributed by atoms with E-state index in [1.807, 2.05) is 0 Å². The number of aromatic nitrogens is 2. The number of amides is 1. The zero-order valence-corrected chi connectivity index (χ0v) is 16.4. The summed E-state index contributed by atoms with van der Waals surface area (Å²) in [7, 11) is 0. The average Bonchev–Trinajstić information content (AvgIpc) is 2.68. The van der Waals surface area contributed by atoms with Gasteiger partial charge >= 0.3 is 6.18 Å². The summed E-state index contributed by atoms with van der Waals surface area (Å²) < 4.78 is 53.3. The lowest BCUT2D eigenvalue weighted by molar-refractivity contribution is -0.141. The quantitative estimate of drug-likeness (QED) is 0.706. The zero-order valence-electron chi connectivity index (χ0n) is 16.4. The molecule has 0 spiro atoms. The van der Waals surface area contributed by atoms with Crippen molar-refractivity contribution in [2.75, 3.05) is 11.6 Å². The molecule has 1 aromatic heterocycles. The lowest BCUT2D eigenvalue weighted by Crippen LogP contribution is -2.47. The monoisotopic (exact) mass is 435 g/mol. The number of halogens is 4. The van der Waals surface area contributed by atoms with Gasteiger partial charge in [-0.1, -0.05) is 0 Å². The Morgan fingerprint density at radius 1 is 1.23 bits per heavy atom. The van der Waals surface area contributed by atoms with Crippen LogP contribution in [0.5, 0.6) is 0 Å². The summed E-state index contributed by atoms with van der Waals surface area (Å²) in [6, 6.07) is 3.95. The van der Waals surface area contributed by atoms with Gasteiger partial charge in [-0.15, -0.1) is 0 Å². The van der Waals surface area contributed by atoms with Gasteiger partial charge in [0, 0.05) is 11.4 Å². The molecule has 4 rings (SSSR count). The molecule has 7 nitrogen and oxygen atoms in total. The van der Waals surface area contributed by atoms with Gasteiger partial charge in [0.05, 0.1) is 11.9 Å². The third kappa shape index (κ3) is 3.72. The molecule has 0 bridgehead atoms. The molecule has 1 aromatic carbocycles. The summed E-state index contributed by atoms with van der Waals surface area (Å²) in [5, 5.41) is 12.5.